The van der Waals surface area contributed by atoms with E-state index in [2.05, 4.69) is 28.5 Å². The third kappa shape index (κ3) is 2.67. The molecule has 1 aliphatic rings. The van der Waals surface area contributed by atoms with Crippen LogP contribution in [-0.2, 0) is 6.42 Å². The SMILES string of the molecule is c1nc2cc(CCNC3CCCC3)ccc2s1. The minimum absolute atomic E-state index is 0.776. The predicted octanol–water partition coefficient (Wildman–Crippen LogP) is 3.37. The van der Waals surface area contributed by atoms with Crippen LogP contribution in [0.1, 0.15) is 31.2 Å². The van der Waals surface area contributed by atoms with Gasteiger partial charge in [0.2, 0.25) is 0 Å². The smallest absolute Gasteiger partial charge is 0.0814 e. The second kappa shape index (κ2) is 5.15. The summed E-state index contributed by atoms with van der Waals surface area (Å²) in [5.41, 5.74) is 4.47. The van der Waals surface area contributed by atoms with Gasteiger partial charge in [0, 0.05) is 6.04 Å². The van der Waals surface area contributed by atoms with E-state index in [9.17, 15) is 0 Å². The molecule has 2 aromatic rings. The quantitative estimate of drug-likeness (QED) is 0.894. The molecular weight excluding hydrogens is 228 g/mol. The van der Waals surface area contributed by atoms with Crippen molar-refractivity contribution in [3.8, 4) is 0 Å². The van der Waals surface area contributed by atoms with Gasteiger partial charge >= 0.3 is 0 Å². The van der Waals surface area contributed by atoms with E-state index in [1.54, 1.807) is 11.3 Å². The summed E-state index contributed by atoms with van der Waals surface area (Å²) < 4.78 is 1.29. The van der Waals surface area contributed by atoms with Crippen LogP contribution in [-0.4, -0.2) is 17.6 Å². The van der Waals surface area contributed by atoms with E-state index in [-0.39, 0.29) is 0 Å². The molecule has 0 amide bonds. The summed E-state index contributed by atoms with van der Waals surface area (Å²) in [4.78, 5) is 4.36. The highest BCUT2D eigenvalue weighted by atomic mass is 32.1. The van der Waals surface area contributed by atoms with Crippen LogP contribution in [0, 0.1) is 0 Å². The van der Waals surface area contributed by atoms with Gasteiger partial charge in [0.1, 0.15) is 0 Å². The molecule has 90 valence electrons. The molecule has 17 heavy (non-hydrogen) atoms. The zero-order valence-electron chi connectivity index (χ0n) is 9.98. The third-order valence-electron chi connectivity index (χ3n) is 3.60. The molecule has 1 N–H and O–H groups in total. The van der Waals surface area contributed by atoms with Crippen LogP contribution in [0.2, 0.25) is 0 Å². The Hall–Kier alpha value is -0.930. The molecule has 1 aromatic heterocycles. The van der Waals surface area contributed by atoms with Gasteiger partial charge in [-0.3, -0.25) is 0 Å². The maximum Gasteiger partial charge on any atom is 0.0814 e. The fourth-order valence-electron chi connectivity index (χ4n) is 2.61. The molecule has 1 aromatic carbocycles. The highest BCUT2D eigenvalue weighted by Gasteiger charge is 2.13. The molecule has 0 saturated heterocycles. The minimum Gasteiger partial charge on any atom is -0.314 e. The maximum atomic E-state index is 4.36. The van der Waals surface area contributed by atoms with Gasteiger partial charge in [-0.2, -0.15) is 0 Å². The van der Waals surface area contributed by atoms with Crippen LogP contribution in [0.15, 0.2) is 23.7 Å². The predicted molar refractivity (Wildman–Crippen MR) is 73.6 cm³/mol. The first kappa shape index (κ1) is 11.2. The lowest BCUT2D eigenvalue weighted by Crippen LogP contribution is -2.27. The Kier molecular flexibility index (Phi) is 3.39. The average Bonchev–Trinajstić information content (AvgIpc) is 2.98. The first-order valence-corrected chi connectivity index (χ1v) is 7.35. The Morgan fingerprint density at radius 3 is 3.06 bits per heavy atom. The summed E-state index contributed by atoms with van der Waals surface area (Å²) in [5, 5.41) is 3.65. The van der Waals surface area contributed by atoms with Crippen LogP contribution in [0.5, 0.6) is 0 Å². The zero-order valence-corrected chi connectivity index (χ0v) is 10.8. The lowest BCUT2D eigenvalue weighted by atomic mass is 10.1. The van der Waals surface area contributed by atoms with Crippen molar-refractivity contribution < 1.29 is 0 Å². The van der Waals surface area contributed by atoms with Gasteiger partial charge in [-0.25, -0.2) is 4.98 Å². The molecule has 0 atom stereocenters. The maximum absolute atomic E-state index is 4.36. The van der Waals surface area contributed by atoms with Crippen molar-refractivity contribution >= 4 is 21.6 Å². The molecule has 1 heterocycles. The number of nitrogens with zero attached hydrogens (tertiary/aromatic N) is 1. The molecule has 0 bridgehead atoms. The summed E-state index contributed by atoms with van der Waals surface area (Å²) in [6.07, 6.45) is 6.66. The summed E-state index contributed by atoms with van der Waals surface area (Å²) >= 11 is 1.71. The van der Waals surface area contributed by atoms with E-state index in [0.29, 0.717) is 0 Å². The summed E-state index contributed by atoms with van der Waals surface area (Å²) in [5.74, 6) is 0. The first-order chi connectivity index (χ1) is 8.42. The van der Waals surface area contributed by atoms with Crippen LogP contribution < -0.4 is 5.32 Å². The van der Waals surface area contributed by atoms with Crippen molar-refractivity contribution in [3.05, 3.63) is 29.3 Å². The number of hydrogen-bond donors (Lipinski definition) is 1. The Balaban J connectivity index is 1.56. The van der Waals surface area contributed by atoms with Crippen LogP contribution in [0.3, 0.4) is 0 Å². The molecule has 0 unspecified atom stereocenters. The number of nitrogens with one attached hydrogen (secondary N) is 1. The van der Waals surface area contributed by atoms with E-state index >= 15 is 0 Å². The Labute approximate surface area is 106 Å². The lowest BCUT2D eigenvalue weighted by molar-refractivity contribution is 0.528. The van der Waals surface area contributed by atoms with Gasteiger partial charge in [0.05, 0.1) is 15.7 Å². The van der Waals surface area contributed by atoms with Gasteiger partial charge in [0.25, 0.3) is 0 Å². The van der Waals surface area contributed by atoms with Crippen molar-refractivity contribution in [2.24, 2.45) is 0 Å². The molecule has 3 rings (SSSR count). The Morgan fingerprint density at radius 1 is 1.29 bits per heavy atom. The Bertz CT molecular complexity index is 486. The number of hydrogen-bond acceptors (Lipinski definition) is 3. The number of rotatable bonds is 4. The monoisotopic (exact) mass is 246 g/mol. The van der Waals surface area contributed by atoms with E-state index in [0.717, 1.165) is 24.5 Å². The van der Waals surface area contributed by atoms with Gasteiger partial charge in [-0.1, -0.05) is 18.9 Å². The molecule has 3 heteroatoms. The average molecular weight is 246 g/mol. The van der Waals surface area contributed by atoms with E-state index in [1.807, 2.05) is 5.51 Å². The number of thiazole rings is 1. The molecule has 2 nitrogen and oxygen atoms in total. The van der Waals surface area contributed by atoms with E-state index in [1.165, 1.54) is 35.9 Å². The standard InChI is InChI=1S/C14H18N2S/c1-2-4-12(3-1)15-8-7-11-5-6-14-13(9-11)16-10-17-14/h5-6,9-10,12,15H,1-4,7-8H2. The highest BCUT2D eigenvalue weighted by Crippen LogP contribution is 2.20. The van der Waals surface area contributed by atoms with Gasteiger partial charge < -0.3 is 5.32 Å². The second-order valence-electron chi connectivity index (χ2n) is 4.84. The van der Waals surface area contributed by atoms with Crippen molar-refractivity contribution in [2.75, 3.05) is 6.54 Å². The zero-order chi connectivity index (χ0) is 11.5. The molecule has 1 fully saturated rings. The molecule has 0 radical (unpaired) electrons. The van der Waals surface area contributed by atoms with Crippen molar-refractivity contribution in [2.45, 2.75) is 38.1 Å². The molecular formula is C14H18N2S. The fourth-order valence-corrected chi connectivity index (χ4v) is 3.27. The second-order valence-corrected chi connectivity index (χ2v) is 5.73. The van der Waals surface area contributed by atoms with Gasteiger partial charge in [-0.15, -0.1) is 11.3 Å². The summed E-state index contributed by atoms with van der Waals surface area (Å²) in [6.45, 7) is 1.10. The van der Waals surface area contributed by atoms with E-state index < -0.39 is 0 Å². The van der Waals surface area contributed by atoms with Crippen molar-refractivity contribution in [3.63, 3.8) is 0 Å². The molecule has 0 spiro atoms. The molecule has 1 aliphatic carbocycles. The topological polar surface area (TPSA) is 24.9 Å². The van der Waals surface area contributed by atoms with Crippen molar-refractivity contribution in [1.29, 1.82) is 0 Å². The van der Waals surface area contributed by atoms with Gasteiger partial charge in [-0.05, 0) is 43.5 Å². The molecule has 0 aliphatic heterocycles. The number of fused-ring (bicyclic) bond motifs is 1. The minimum atomic E-state index is 0.776. The number of aromatic nitrogens is 1. The Morgan fingerprint density at radius 2 is 2.18 bits per heavy atom. The normalized spacial score (nSPS) is 16.9. The first-order valence-electron chi connectivity index (χ1n) is 6.47. The van der Waals surface area contributed by atoms with Crippen LogP contribution >= 0.6 is 11.3 Å². The molecule has 1 saturated carbocycles. The van der Waals surface area contributed by atoms with Gasteiger partial charge in [0.15, 0.2) is 0 Å². The highest BCUT2D eigenvalue weighted by molar-refractivity contribution is 7.16. The largest absolute Gasteiger partial charge is 0.314 e. The van der Waals surface area contributed by atoms with Crippen LogP contribution in [0.25, 0.3) is 10.2 Å². The lowest BCUT2D eigenvalue weighted by Gasteiger charge is -2.11. The number of benzene rings is 1. The summed E-state index contributed by atoms with van der Waals surface area (Å²) in [7, 11) is 0. The van der Waals surface area contributed by atoms with Crippen LogP contribution in [0.4, 0.5) is 0 Å². The third-order valence-corrected chi connectivity index (χ3v) is 4.41. The van der Waals surface area contributed by atoms with E-state index in [4.69, 9.17) is 0 Å². The van der Waals surface area contributed by atoms with Crippen molar-refractivity contribution in [1.82, 2.24) is 10.3 Å². The fraction of sp³-hybridized carbons (Fsp3) is 0.500. The summed E-state index contributed by atoms with van der Waals surface area (Å²) in [6, 6.07) is 7.43.